The highest BCUT2D eigenvalue weighted by Crippen LogP contribution is 2.28. The second-order valence-electron chi connectivity index (χ2n) is 6.72. The van der Waals surface area contributed by atoms with Gasteiger partial charge in [-0.3, -0.25) is 9.79 Å². The predicted octanol–water partition coefficient (Wildman–Crippen LogP) is 3.91. The average molecular weight is 394 g/mol. The number of aromatic nitrogens is 2. The molecule has 0 bridgehead atoms. The Labute approximate surface area is 168 Å². The number of nitrogens with one attached hydrogen (secondary N) is 2. The minimum absolute atomic E-state index is 0.204. The number of amides is 1. The molecule has 0 spiro atoms. The lowest BCUT2D eigenvalue weighted by Crippen LogP contribution is -2.28. The lowest BCUT2D eigenvalue weighted by atomic mass is 10.1. The Kier molecular flexibility index (Phi) is 5.34. The third-order valence-corrected chi connectivity index (χ3v) is 5.64. The molecule has 4 rings (SSSR count). The van der Waals surface area contributed by atoms with Crippen LogP contribution in [0.3, 0.4) is 0 Å². The standard InChI is InChI=1S/C21H23N5OS/c1-22-21(28-2)25-20(27)16-9-6-10-17-18(16)24-19(23-17)14-7-5-8-15(13-14)26-11-3-4-12-26/h5-10,13H,3-4,11-12H2,1-2H3,(H,23,24)(H,22,25,27). The van der Waals surface area contributed by atoms with Crippen molar-refractivity contribution >= 4 is 39.6 Å². The Morgan fingerprint density at radius 1 is 1.21 bits per heavy atom. The third-order valence-electron chi connectivity index (χ3n) is 4.97. The van der Waals surface area contributed by atoms with Crippen molar-refractivity contribution in [3.63, 3.8) is 0 Å². The maximum absolute atomic E-state index is 12.7. The molecule has 144 valence electrons. The Balaban J connectivity index is 1.69. The van der Waals surface area contributed by atoms with E-state index < -0.39 is 0 Å². The van der Waals surface area contributed by atoms with Gasteiger partial charge in [0.2, 0.25) is 0 Å². The highest BCUT2D eigenvalue weighted by Gasteiger charge is 2.17. The van der Waals surface area contributed by atoms with Gasteiger partial charge in [-0.1, -0.05) is 30.0 Å². The number of benzene rings is 2. The molecule has 3 aromatic rings. The molecule has 1 saturated heterocycles. The molecule has 0 atom stereocenters. The van der Waals surface area contributed by atoms with Gasteiger partial charge in [-0.05, 0) is 43.4 Å². The molecule has 1 amide bonds. The van der Waals surface area contributed by atoms with Crippen molar-refractivity contribution in [2.24, 2.45) is 4.99 Å². The molecule has 0 radical (unpaired) electrons. The van der Waals surface area contributed by atoms with E-state index in [9.17, 15) is 4.79 Å². The quantitative estimate of drug-likeness (QED) is 0.523. The molecule has 0 saturated carbocycles. The van der Waals surface area contributed by atoms with E-state index in [4.69, 9.17) is 4.98 Å². The fourth-order valence-corrected chi connectivity index (χ4v) is 3.92. The van der Waals surface area contributed by atoms with Crippen molar-refractivity contribution in [3.8, 4) is 11.4 Å². The Bertz CT molecular complexity index is 1040. The second-order valence-corrected chi connectivity index (χ2v) is 7.51. The van der Waals surface area contributed by atoms with Gasteiger partial charge in [0.15, 0.2) is 5.17 Å². The number of amidine groups is 1. The summed E-state index contributed by atoms with van der Waals surface area (Å²) in [5.74, 6) is 0.565. The number of nitrogens with zero attached hydrogens (tertiary/aromatic N) is 3. The van der Waals surface area contributed by atoms with Crippen molar-refractivity contribution in [3.05, 3.63) is 48.0 Å². The molecule has 2 aromatic carbocycles. The van der Waals surface area contributed by atoms with Crippen LogP contribution in [0, 0.1) is 0 Å². The Morgan fingerprint density at radius 3 is 2.75 bits per heavy atom. The van der Waals surface area contributed by atoms with Gasteiger partial charge < -0.3 is 15.2 Å². The minimum atomic E-state index is -0.204. The summed E-state index contributed by atoms with van der Waals surface area (Å²) in [6.07, 6.45) is 4.36. The first kappa shape index (κ1) is 18.6. The molecular weight excluding hydrogens is 370 g/mol. The van der Waals surface area contributed by atoms with Crippen LogP contribution in [0.4, 0.5) is 5.69 Å². The predicted molar refractivity (Wildman–Crippen MR) is 117 cm³/mol. The van der Waals surface area contributed by atoms with E-state index in [1.807, 2.05) is 24.5 Å². The van der Waals surface area contributed by atoms with Crippen LogP contribution in [0.25, 0.3) is 22.4 Å². The van der Waals surface area contributed by atoms with E-state index in [0.717, 1.165) is 30.0 Å². The summed E-state index contributed by atoms with van der Waals surface area (Å²) in [6.45, 7) is 2.20. The summed E-state index contributed by atoms with van der Waals surface area (Å²) >= 11 is 1.40. The van der Waals surface area contributed by atoms with Gasteiger partial charge in [0.25, 0.3) is 5.91 Å². The first-order chi connectivity index (χ1) is 13.7. The summed E-state index contributed by atoms with van der Waals surface area (Å²) in [5, 5.41) is 3.41. The SMILES string of the molecule is CN=C(NC(=O)c1cccc2[nH]c(-c3cccc(N4CCCC4)c3)nc12)SC. The van der Waals surface area contributed by atoms with Crippen molar-refractivity contribution in [1.82, 2.24) is 15.3 Å². The van der Waals surface area contributed by atoms with Crippen molar-refractivity contribution in [2.45, 2.75) is 12.8 Å². The number of hydrogen-bond acceptors (Lipinski definition) is 5. The first-order valence-electron chi connectivity index (χ1n) is 9.36. The molecule has 7 heteroatoms. The highest BCUT2D eigenvalue weighted by molar-refractivity contribution is 8.13. The highest BCUT2D eigenvalue weighted by atomic mass is 32.2. The number of imidazole rings is 1. The van der Waals surface area contributed by atoms with Gasteiger partial charge in [-0.2, -0.15) is 0 Å². The normalized spacial score (nSPS) is 14.6. The Morgan fingerprint density at radius 2 is 2.00 bits per heavy atom. The van der Waals surface area contributed by atoms with Crippen molar-refractivity contribution < 1.29 is 4.79 Å². The monoisotopic (exact) mass is 393 g/mol. The van der Waals surface area contributed by atoms with Crippen LogP contribution in [0.5, 0.6) is 0 Å². The minimum Gasteiger partial charge on any atom is -0.372 e. The van der Waals surface area contributed by atoms with E-state index in [2.05, 4.69) is 38.4 Å². The van der Waals surface area contributed by atoms with Crippen molar-refractivity contribution in [1.29, 1.82) is 0 Å². The van der Waals surface area contributed by atoms with E-state index in [-0.39, 0.29) is 5.91 Å². The molecule has 1 aromatic heterocycles. The van der Waals surface area contributed by atoms with Gasteiger partial charge >= 0.3 is 0 Å². The summed E-state index contributed by atoms with van der Waals surface area (Å²) in [4.78, 5) is 27.3. The number of H-pyrrole nitrogens is 1. The van der Waals surface area contributed by atoms with Crippen LogP contribution in [-0.2, 0) is 0 Å². The van der Waals surface area contributed by atoms with Crippen LogP contribution in [0.15, 0.2) is 47.5 Å². The number of aliphatic imine (C=N–C) groups is 1. The Hall–Kier alpha value is -2.80. The maximum Gasteiger partial charge on any atom is 0.259 e. The molecule has 6 nitrogen and oxygen atoms in total. The zero-order chi connectivity index (χ0) is 19.5. The smallest absolute Gasteiger partial charge is 0.259 e. The lowest BCUT2D eigenvalue weighted by molar-refractivity contribution is 0.0979. The van der Waals surface area contributed by atoms with E-state index >= 15 is 0 Å². The van der Waals surface area contributed by atoms with Crippen LogP contribution in [0.1, 0.15) is 23.2 Å². The van der Waals surface area contributed by atoms with Crippen LogP contribution in [0.2, 0.25) is 0 Å². The fraction of sp³-hybridized carbons (Fsp3) is 0.286. The van der Waals surface area contributed by atoms with E-state index in [1.165, 1.54) is 30.3 Å². The molecule has 1 fully saturated rings. The second kappa shape index (κ2) is 8.06. The summed E-state index contributed by atoms with van der Waals surface area (Å²) in [7, 11) is 1.66. The van der Waals surface area contributed by atoms with Crippen LogP contribution >= 0.6 is 11.8 Å². The number of aromatic amines is 1. The number of anilines is 1. The lowest BCUT2D eigenvalue weighted by Gasteiger charge is -2.17. The van der Waals surface area contributed by atoms with E-state index in [0.29, 0.717) is 16.2 Å². The van der Waals surface area contributed by atoms with Gasteiger partial charge in [0.05, 0.1) is 11.1 Å². The molecule has 28 heavy (non-hydrogen) atoms. The molecule has 2 N–H and O–H groups in total. The van der Waals surface area contributed by atoms with Crippen LogP contribution in [-0.4, -0.2) is 47.4 Å². The summed E-state index contributed by atoms with van der Waals surface area (Å²) in [5.41, 5.74) is 4.28. The van der Waals surface area contributed by atoms with Gasteiger partial charge in [0, 0.05) is 31.4 Å². The molecular formula is C21H23N5OS. The first-order valence-corrected chi connectivity index (χ1v) is 10.6. The van der Waals surface area contributed by atoms with E-state index in [1.54, 1.807) is 13.1 Å². The number of carbonyl (C=O) groups is 1. The zero-order valence-electron chi connectivity index (χ0n) is 16.0. The number of para-hydroxylation sites is 1. The molecule has 0 unspecified atom stereocenters. The van der Waals surface area contributed by atoms with Gasteiger partial charge in [-0.25, -0.2) is 4.98 Å². The summed E-state index contributed by atoms with van der Waals surface area (Å²) < 4.78 is 0. The number of rotatable bonds is 3. The van der Waals surface area contributed by atoms with Gasteiger partial charge in [-0.15, -0.1) is 0 Å². The van der Waals surface area contributed by atoms with Crippen molar-refractivity contribution in [2.75, 3.05) is 31.3 Å². The maximum atomic E-state index is 12.7. The average Bonchev–Trinajstić information content (AvgIpc) is 3.41. The molecule has 2 heterocycles. The number of hydrogen-bond donors (Lipinski definition) is 2. The summed E-state index contributed by atoms with van der Waals surface area (Å²) in [6, 6.07) is 14.0. The number of fused-ring (bicyclic) bond motifs is 1. The number of thioether (sulfide) groups is 1. The fourth-order valence-electron chi connectivity index (χ4n) is 3.54. The number of carbonyl (C=O) groups excluding carboxylic acids is 1. The third kappa shape index (κ3) is 3.62. The molecule has 0 aliphatic carbocycles. The zero-order valence-corrected chi connectivity index (χ0v) is 16.8. The molecule has 1 aliphatic rings. The molecule has 1 aliphatic heterocycles. The topological polar surface area (TPSA) is 73.4 Å². The van der Waals surface area contributed by atoms with Crippen LogP contribution < -0.4 is 10.2 Å². The van der Waals surface area contributed by atoms with Gasteiger partial charge in [0.1, 0.15) is 11.3 Å². The largest absolute Gasteiger partial charge is 0.372 e.